The number of ether oxygens (including phenoxy) is 1. The molecule has 0 saturated heterocycles. The van der Waals surface area contributed by atoms with Crippen LogP contribution in [0, 0.1) is 13.8 Å². The third kappa shape index (κ3) is 5.00. The molecule has 0 bridgehead atoms. The standard InChI is InChI=1S/C17H21N3OS/c1-12-6-7-16(9-13(12)2)21-11-14(3)19-17(22)20-15-5-4-8-18-10-15/h4-10,14H,11H2,1-3H3,(H2,19,20,22)/t14-/m0/s1. The third-order valence-electron chi connectivity index (χ3n) is 3.28. The molecule has 1 aromatic carbocycles. The maximum absolute atomic E-state index is 5.79. The summed E-state index contributed by atoms with van der Waals surface area (Å²) < 4.78 is 5.79. The van der Waals surface area contributed by atoms with Gasteiger partial charge >= 0.3 is 0 Å². The topological polar surface area (TPSA) is 46.2 Å². The summed E-state index contributed by atoms with van der Waals surface area (Å²) in [6, 6.07) is 9.97. The lowest BCUT2D eigenvalue weighted by Gasteiger charge is -2.18. The van der Waals surface area contributed by atoms with Gasteiger partial charge in [-0.25, -0.2) is 0 Å². The molecule has 0 radical (unpaired) electrons. The van der Waals surface area contributed by atoms with E-state index in [0.29, 0.717) is 11.7 Å². The fourth-order valence-electron chi connectivity index (χ4n) is 1.89. The van der Waals surface area contributed by atoms with Crippen LogP contribution in [0.25, 0.3) is 0 Å². The number of anilines is 1. The number of nitrogens with zero attached hydrogens (tertiary/aromatic N) is 1. The van der Waals surface area contributed by atoms with Crippen LogP contribution in [-0.4, -0.2) is 22.7 Å². The highest BCUT2D eigenvalue weighted by Gasteiger charge is 2.06. The molecule has 1 atom stereocenters. The quantitative estimate of drug-likeness (QED) is 0.828. The van der Waals surface area contributed by atoms with Crippen molar-refractivity contribution in [3.05, 3.63) is 53.9 Å². The van der Waals surface area contributed by atoms with E-state index < -0.39 is 0 Å². The zero-order valence-electron chi connectivity index (χ0n) is 13.1. The predicted octanol–water partition coefficient (Wildman–Crippen LogP) is 3.45. The van der Waals surface area contributed by atoms with Crippen molar-refractivity contribution in [2.24, 2.45) is 0 Å². The van der Waals surface area contributed by atoms with Gasteiger partial charge in [-0.3, -0.25) is 4.98 Å². The van der Waals surface area contributed by atoms with Gasteiger partial charge in [0.1, 0.15) is 12.4 Å². The Bertz CT molecular complexity index is 631. The number of aryl methyl sites for hydroxylation is 2. The number of rotatable bonds is 5. The summed E-state index contributed by atoms with van der Waals surface area (Å²) in [6.45, 7) is 6.73. The molecule has 0 aliphatic rings. The minimum atomic E-state index is 0.0956. The molecule has 0 fully saturated rings. The van der Waals surface area contributed by atoms with Crippen molar-refractivity contribution in [3.63, 3.8) is 0 Å². The molecule has 0 amide bonds. The second-order valence-corrected chi connectivity index (χ2v) is 5.71. The number of pyridine rings is 1. The van der Waals surface area contributed by atoms with E-state index >= 15 is 0 Å². The smallest absolute Gasteiger partial charge is 0.171 e. The molecule has 2 N–H and O–H groups in total. The summed E-state index contributed by atoms with van der Waals surface area (Å²) in [6.07, 6.45) is 3.45. The van der Waals surface area contributed by atoms with Crippen molar-refractivity contribution in [1.29, 1.82) is 0 Å². The number of hydrogen-bond donors (Lipinski definition) is 2. The van der Waals surface area contributed by atoms with E-state index in [1.165, 1.54) is 11.1 Å². The minimum absolute atomic E-state index is 0.0956. The van der Waals surface area contributed by atoms with Gasteiger partial charge in [-0.2, -0.15) is 0 Å². The van der Waals surface area contributed by atoms with Gasteiger partial charge in [0.25, 0.3) is 0 Å². The van der Waals surface area contributed by atoms with Crippen molar-refractivity contribution in [2.75, 3.05) is 11.9 Å². The van der Waals surface area contributed by atoms with E-state index in [1.807, 2.05) is 31.2 Å². The summed E-state index contributed by atoms with van der Waals surface area (Å²) in [4.78, 5) is 4.03. The summed E-state index contributed by atoms with van der Waals surface area (Å²) >= 11 is 5.28. The van der Waals surface area contributed by atoms with Gasteiger partial charge in [0, 0.05) is 6.20 Å². The van der Waals surface area contributed by atoms with Crippen molar-refractivity contribution in [2.45, 2.75) is 26.8 Å². The van der Waals surface area contributed by atoms with Crippen LogP contribution in [0.5, 0.6) is 5.75 Å². The van der Waals surface area contributed by atoms with E-state index in [4.69, 9.17) is 17.0 Å². The lowest BCUT2D eigenvalue weighted by Crippen LogP contribution is -2.39. The highest BCUT2D eigenvalue weighted by molar-refractivity contribution is 7.80. The number of thiocarbonyl (C=S) groups is 1. The van der Waals surface area contributed by atoms with Crippen molar-refractivity contribution >= 4 is 23.0 Å². The Morgan fingerprint density at radius 2 is 2.09 bits per heavy atom. The predicted molar refractivity (Wildman–Crippen MR) is 94.5 cm³/mol. The van der Waals surface area contributed by atoms with Crippen LogP contribution < -0.4 is 15.4 Å². The van der Waals surface area contributed by atoms with Crippen LogP contribution in [0.15, 0.2) is 42.7 Å². The molecule has 1 aromatic heterocycles. The zero-order chi connectivity index (χ0) is 15.9. The molecule has 0 aliphatic heterocycles. The first-order valence-corrected chi connectivity index (χ1v) is 7.63. The Balaban J connectivity index is 1.78. The molecule has 4 nitrogen and oxygen atoms in total. The van der Waals surface area contributed by atoms with E-state index in [2.05, 4.69) is 35.5 Å². The van der Waals surface area contributed by atoms with Gasteiger partial charge in [-0.1, -0.05) is 6.07 Å². The first-order chi connectivity index (χ1) is 10.5. The molecular weight excluding hydrogens is 294 g/mol. The number of benzene rings is 1. The second-order valence-electron chi connectivity index (χ2n) is 5.30. The monoisotopic (exact) mass is 315 g/mol. The molecule has 2 rings (SSSR count). The molecular formula is C17H21N3OS. The largest absolute Gasteiger partial charge is 0.491 e. The molecule has 0 spiro atoms. The Hall–Kier alpha value is -2.14. The van der Waals surface area contributed by atoms with Crippen molar-refractivity contribution in [1.82, 2.24) is 10.3 Å². The fourth-order valence-corrected chi connectivity index (χ4v) is 2.21. The number of nitrogens with one attached hydrogen (secondary N) is 2. The summed E-state index contributed by atoms with van der Waals surface area (Å²) in [5.74, 6) is 0.878. The van der Waals surface area contributed by atoms with Crippen LogP contribution in [0.2, 0.25) is 0 Å². The highest BCUT2D eigenvalue weighted by Crippen LogP contribution is 2.16. The molecule has 2 aromatic rings. The Kier molecular flexibility index (Phi) is 5.72. The van der Waals surface area contributed by atoms with Gasteiger partial charge in [-0.05, 0) is 68.4 Å². The number of aromatic nitrogens is 1. The Labute approximate surface area is 136 Å². The summed E-state index contributed by atoms with van der Waals surface area (Å²) in [7, 11) is 0. The van der Waals surface area contributed by atoms with Gasteiger partial charge in [0.2, 0.25) is 0 Å². The molecule has 22 heavy (non-hydrogen) atoms. The average molecular weight is 315 g/mol. The van der Waals surface area contributed by atoms with Crippen LogP contribution in [-0.2, 0) is 0 Å². The number of hydrogen-bond acceptors (Lipinski definition) is 3. The lowest BCUT2D eigenvalue weighted by molar-refractivity contribution is 0.287. The second kappa shape index (κ2) is 7.75. The maximum atomic E-state index is 5.79. The van der Waals surface area contributed by atoms with E-state index in [9.17, 15) is 0 Å². The summed E-state index contributed by atoms with van der Waals surface area (Å²) in [5, 5.41) is 6.84. The van der Waals surface area contributed by atoms with Gasteiger partial charge in [-0.15, -0.1) is 0 Å². The maximum Gasteiger partial charge on any atom is 0.171 e. The molecule has 5 heteroatoms. The molecule has 0 saturated carbocycles. The van der Waals surface area contributed by atoms with Crippen molar-refractivity contribution < 1.29 is 4.74 Å². The fraction of sp³-hybridized carbons (Fsp3) is 0.294. The molecule has 1 heterocycles. The first kappa shape index (κ1) is 16.2. The highest BCUT2D eigenvalue weighted by atomic mass is 32.1. The van der Waals surface area contributed by atoms with Gasteiger partial charge in [0.05, 0.1) is 17.9 Å². The normalized spacial score (nSPS) is 11.6. The molecule has 0 unspecified atom stereocenters. The van der Waals surface area contributed by atoms with Gasteiger partial charge in [0.15, 0.2) is 5.11 Å². The lowest BCUT2D eigenvalue weighted by atomic mass is 10.1. The zero-order valence-corrected chi connectivity index (χ0v) is 13.9. The van der Waals surface area contributed by atoms with Gasteiger partial charge < -0.3 is 15.4 Å². The molecule has 116 valence electrons. The SMILES string of the molecule is Cc1ccc(OC[C@H](C)NC(=S)Nc2cccnc2)cc1C. The minimum Gasteiger partial charge on any atom is -0.491 e. The van der Waals surface area contributed by atoms with Crippen molar-refractivity contribution in [3.8, 4) is 5.75 Å². The summed E-state index contributed by atoms with van der Waals surface area (Å²) in [5.41, 5.74) is 3.36. The average Bonchev–Trinajstić information content (AvgIpc) is 2.49. The van der Waals surface area contributed by atoms with E-state index in [0.717, 1.165) is 11.4 Å². The van der Waals surface area contributed by atoms with E-state index in [-0.39, 0.29) is 6.04 Å². The van der Waals surface area contributed by atoms with Crippen LogP contribution >= 0.6 is 12.2 Å². The van der Waals surface area contributed by atoms with E-state index in [1.54, 1.807) is 12.4 Å². The molecule has 0 aliphatic carbocycles. The van der Waals surface area contributed by atoms with Crippen LogP contribution in [0.4, 0.5) is 5.69 Å². The van der Waals surface area contributed by atoms with Crippen LogP contribution in [0.3, 0.4) is 0 Å². The van der Waals surface area contributed by atoms with Crippen LogP contribution in [0.1, 0.15) is 18.1 Å². The third-order valence-corrected chi connectivity index (χ3v) is 3.50. The first-order valence-electron chi connectivity index (χ1n) is 7.22. The Morgan fingerprint density at radius 3 is 2.77 bits per heavy atom. The Morgan fingerprint density at radius 1 is 1.27 bits per heavy atom.